The lowest BCUT2D eigenvalue weighted by Crippen LogP contribution is -2.34. The van der Waals surface area contributed by atoms with Gasteiger partial charge >= 0.3 is 0 Å². The number of hydrogen-bond donors (Lipinski definition) is 2. The van der Waals surface area contributed by atoms with Crippen LogP contribution in [0, 0.1) is 0 Å². The number of rotatable bonds is 6. The van der Waals surface area contributed by atoms with Crippen LogP contribution in [0.2, 0.25) is 0 Å². The SMILES string of the molecule is CCC(C)NC(=O)Cn1cc(CCO)nn1. The molecule has 1 atom stereocenters. The van der Waals surface area contributed by atoms with Crippen molar-refractivity contribution in [3.05, 3.63) is 11.9 Å². The van der Waals surface area contributed by atoms with Gasteiger partial charge in [-0.05, 0) is 13.3 Å². The number of carbonyl (C=O) groups is 1. The van der Waals surface area contributed by atoms with Gasteiger partial charge in [0.15, 0.2) is 0 Å². The molecule has 1 heterocycles. The molecule has 90 valence electrons. The third kappa shape index (κ3) is 3.98. The highest BCUT2D eigenvalue weighted by atomic mass is 16.3. The minimum absolute atomic E-state index is 0.0394. The summed E-state index contributed by atoms with van der Waals surface area (Å²) in [6.45, 7) is 4.18. The minimum atomic E-state index is -0.0743. The van der Waals surface area contributed by atoms with Crippen LogP contribution in [0.1, 0.15) is 26.0 Å². The summed E-state index contributed by atoms with van der Waals surface area (Å²) < 4.78 is 1.47. The normalized spacial score (nSPS) is 12.4. The summed E-state index contributed by atoms with van der Waals surface area (Å²) in [7, 11) is 0. The van der Waals surface area contributed by atoms with Gasteiger partial charge in [-0.25, -0.2) is 4.68 Å². The van der Waals surface area contributed by atoms with Gasteiger partial charge in [0.05, 0.1) is 5.69 Å². The standard InChI is InChI=1S/C10H18N4O2/c1-3-8(2)11-10(16)7-14-6-9(4-5-15)12-13-14/h6,8,15H,3-5,7H2,1-2H3,(H,11,16). The van der Waals surface area contributed by atoms with Gasteiger partial charge in [0, 0.05) is 25.3 Å². The Hall–Kier alpha value is -1.43. The zero-order valence-electron chi connectivity index (χ0n) is 9.68. The van der Waals surface area contributed by atoms with E-state index in [2.05, 4.69) is 15.6 Å². The Morgan fingerprint density at radius 3 is 3.06 bits per heavy atom. The van der Waals surface area contributed by atoms with Crippen LogP contribution in [0.3, 0.4) is 0 Å². The van der Waals surface area contributed by atoms with Crippen LogP contribution in [0.15, 0.2) is 6.20 Å². The molecule has 1 aromatic rings. The number of aromatic nitrogens is 3. The zero-order chi connectivity index (χ0) is 12.0. The Bertz CT molecular complexity index is 337. The number of hydrogen-bond acceptors (Lipinski definition) is 4. The van der Waals surface area contributed by atoms with Crippen molar-refractivity contribution in [1.82, 2.24) is 20.3 Å². The second-order valence-corrected chi connectivity index (χ2v) is 3.76. The fourth-order valence-electron chi connectivity index (χ4n) is 1.21. The molecule has 0 aliphatic heterocycles. The Morgan fingerprint density at radius 1 is 1.69 bits per heavy atom. The molecule has 1 aromatic heterocycles. The second kappa shape index (κ2) is 6.22. The van der Waals surface area contributed by atoms with Crippen molar-refractivity contribution in [2.75, 3.05) is 6.61 Å². The van der Waals surface area contributed by atoms with Crippen molar-refractivity contribution in [2.45, 2.75) is 39.3 Å². The van der Waals surface area contributed by atoms with Gasteiger partial charge in [0.25, 0.3) is 0 Å². The molecule has 16 heavy (non-hydrogen) atoms. The maximum Gasteiger partial charge on any atom is 0.242 e. The number of nitrogens with one attached hydrogen (secondary N) is 1. The van der Waals surface area contributed by atoms with E-state index in [4.69, 9.17) is 5.11 Å². The van der Waals surface area contributed by atoms with Crippen molar-refractivity contribution in [1.29, 1.82) is 0 Å². The Labute approximate surface area is 94.7 Å². The summed E-state index contributed by atoms with van der Waals surface area (Å²) >= 11 is 0. The molecule has 1 unspecified atom stereocenters. The maximum absolute atomic E-state index is 11.5. The molecule has 0 aromatic carbocycles. The number of aliphatic hydroxyl groups excluding tert-OH is 1. The first-order valence-corrected chi connectivity index (χ1v) is 5.45. The first-order chi connectivity index (χ1) is 7.65. The van der Waals surface area contributed by atoms with Crippen LogP contribution in [-0.4, -0.2) is 38.7 Å². The summed E-state index contributed by atoms with van der Waals surface area (Å²) in [6, 6.07) is 0.174. The summed E-state index contributed by atoms with van der Waals surface area (Å²) in [4.78, 5) is 11.5. The van der Waals surface area contributed by atoms with Crippen molar-refractivity contribution >= 4 is 5.91 Å². The van der Waals surface area contributed by atoms with E-state index in [-0.39, 0.29) is 25.1 Å². The predicted molar refractivity (Wildman–Crippen MR) is 58.7 cm³/mol. The zero-order valence-corrected chi connectivity index (χ0v) is 9.68. The Morgan fingerprint density at radius 2 is 2.44 bits per heavy atom. The number of amides is 1. The first-order valence-electron chi connectivity index (χ1n) is 5.45. The van der Waals surface area contributed by atoms with Crippen LogP contribution in [-0.2, 0) is 17.8 Å². The highest BCUT2D eigenvalue weighted by Crippen LogP contribution is 1.94. The van der Waals surface area contributed by atoms with Crippen molar-refractivity contribution in [2.24, 2.45) is 0 Å². The van der Waals surface area contributed by atoms with Gasteiger partial charge in [-0.1, -0.05) is 12.1 Å². The van der Waals surface area contributed by atoms with Crippen LogP contribution >= 0.6 is 0 Å². The second-order valence-electron chi connectivity index (χ2n) is 3.76. The van der Waals surface area contributed by atoms with E-state index in [0.717, 1.165) is 6.42 Å². The molecule has 0 radical (unpaired) electrons. The number of nitrogens with zero attached hydrogens (tertiary/aromatic N) is 3. The molecule has 0 fully saturated rings. The van der Waals surface area contributed by atoms with Gasteiger partial charge in [-0.3, -0.25) is 4.79 Å². The summed E-state index contributed by atoms with van der Waals surface area (Å²) in [5, 5.41) is 19.2. The van der Waals surface area contributed by atoms with Gasteiger partial charge in [-0.15, -0.1) is 5.10 Å². The lowest BCUT2D eigenvalue weighted by Gasteiger charge is -2.10. The average Bonchev–Trinajstić information content (AvgIpc) is 2.65. The summed E-state index contributed by atoms with van der Waals surface area (Å²) in [6.07, 6.45) is 3.04. The van der Waals surface area contributed by atoms with E-state index < -0.39 is 0 Å². The van der Waals surface area contributed by atoms with Crippen LogP contribution < -0.4 is 5.32 Å². The average molecular weight is 226 g/mol. The van der Waals surface area contributed by atoms with Gasteiger partial charge in [0.1, 0.15) is 6.54 Å². The third-order valence-corrected chi connectivity index (χ3v) is 2.28. The topological polar surface area (TPSA) is 80.0 Å². The predicted octanol–water partition coefficient (Wildman–Crippen LogP) is -0.272. The number of aliphatic hydroxyl groups is 1. The first kappa shape index (κ1) is 12.6. The van der Waals surface area contributed by atoms with Crippen LogP contribution in [0.5, 0.6) is 0 Å². The molecule has 0 aliphatic rings. The van der Waals surface area contributed by atoms with E-state index in [1.807, 2.05) is 13.8 Å². The van der Waals surface area contributed by atoms with Crippen molar-refractivity contribution in [3.63, 3.8) is 0 Å². The lowest BCUT2D eigenvalue weighted by atomic mass is 10.2. The molecule has 0 saturated carbocycles. The molecule has 1 amide bonds. The van der Waals surface area contributed by atoms with E-state index in [1.54, 1.807) is 6.20 Å². The Kier molecular flexibility index (Phi) is 4.91. The third-order valence-electron chi connectivity index (χ3n) is 2.28. The molecule has 6 heteroatoms. The van der Waals surface area contributed by atoms with E-state index in [9.17, 15) is 4.79 Å². The molecule has 1 rings (SSSR count). The van der Waals surface area contributed by atoms with Crippen molar-refractivity contribution < 1.29 is 9.90 Å². The lowest BCUT2D eigenvalue weighted by molar-refractivity contribution is -0.122. The molecule has 0 saturated heterocycles. The molecular weight excluding hydrogens is 208 g/mol. The summed E-state index contributed by atoms with van der Waals surface area (Å²) in [5.41, 5.74) is 0.693. The molecule has 0 aliphatic carbocycles. The largest absolute Gasteiger partial charge is 0.396 e. The molecule has 6 nitrogen and oxygen atoms in total. The fourth-order valence-corrected chi connectivity index (χ4v) is 1.21. The molecule has 0 spiro atoms. The number of carbonyl (C=O) groups excluding carboxylic acids is 1. The van der Waals surface area contributed by atoms with E-state index in [1.165, 1.54) is 4.68 Å². The molecule has 0 bridgehead atoms. The van der Waals surface area contributed by atoms with Crippen LogP contribution in [0.25, 0.3) is 0 Å². The highest BCUT2D eigenvalue weighted by molar-refractivity contribution is 5.75. The van der Waals surface area contributed by atoms with Gasteiger partial charge in [-0.2, -0.15) is 0 Å². The van der Waals surface area contributed by atoms with Crippen molar-refractivity contribution in [3.8, 4) is 0 Å². The Balaban J connectivity index is 2.43. The molecular formula is C10H18N4O2. The quantitative estimate of drug-likeness (QED) is 0.699. The van der Waals surface area contributed by atoms with Gasteiger partial charge < -0.3 is 10.4 Å². The van der Waals surface area contributed by atoms with E-state index in [0.29, 0.717) is 12.1 Å². The maximum atomic E-state index is 11.5. The molecule has 2 N–H and O–H groups in total. The van der Waals surface area contributed by atoms with E-state index >= 15 is 0 Å². The minimum Gasteiger partial charge on any atom is -0.396 e. The van der Waals surface area contributed by atoms with Crippen LogP contribution in [0.4, 0.5) is 0 Å². The fraction of sp³-hybridized carbons (Fsp3) is 0.700. The van der Waals surface area contributed by atoms with Gasteiger partial charge in [0.2, 0.25) is 5.91 Å². The smallest absolute Gasteiger partial charge is 0.242 e. The summed E-state index contributed by atoms with van der Waals surface area (Å²) in [5.74, 6) is -0.0743. The monoisotopic (exact) mass is 226 g/mol. The highest BCUT2D eigenvalue weighted by Gasteiger charge is 2.07.